The van der Waals surface area contributed by atoms with Crippen LogP contribution in [-0.4, -0.2) is 18.3 Å². The molecule has 0 aliphatic carbocycles. The summed E-state index contributed by atoms with van der Waals surface area (Å²) in [5, 5.41) is 2.57. The van der Waals surface area contributed by atoms with Gasteiger partial charge in [-0.05, 0) is 23.6 Å². The number of alkyl halides is 3. The number of amides is 1. The van der Waals surface area contributed by atoms with Gasteiger partial charge in [-0.3, -0.25) is 4.79 Å². The summed E-state index contributed by atoms with van der Waals surface area (Å²) in [6, 6.07) is 4.77. The summed E-state index contributed by atoms with van der Waals surface area (Å²) in [6.07, 6.45) is -4.73. The van der Waals surface area contributed by atoms with Gasteiger partial charge >= 0.3 is 6.36 Å². The topological polar surface area (TPSA) is 64.4 Å². The van der Waals surface area contributed by atoms with Crippen molar-refractivity contribution in [2.24, 2.45) is 11.7 Å². The van der Waals surface area contributed by atoms with Crippen molar-refractivity contribution in [3.63, 3.8) is 0 Å². The monoisotopic (exact) mass is 290 g/mol. The number of ether oxygens (including phenoxy) is 1. The van der Waals surface area contributed by atoms with E-state index in [2.05, 4.69) is 10.1 Å². The predicted molar refractivity (Wildman–Crippen MR) is 67.8 cm³/mol. The third-order valence-electron chi connectivity index (χ3n) is 2.62. The molecule has 1 atom stereocenters. The Labute approximate surface area is 115 Å². The quantitative estimate of drug-likeness (QED) is 0.873. The zero-order valence-corrected chi connectivity index (χ0v) is 11.2. The van der Waals surface area contributed by atoms with E-state index in [1.54, 1.807) is 6.07 Å². The van der Waals surface area contributed by atoms with E-state index in [4.69, 9.17) is 5.73 Å². The summed E-state index contributed by atoms with van der Waals surface area (Å²) in [7, 11) is 0. The van der Waals surface area contributed by atoms with Gasteiger partial charge < -0.3 is 15.8 Å². The Morgan fingerprint density at radius 3 is 2.60 bits per heavy atom. The van der Waals surface area contributed by atoms with Gasteiger partial charge in [0.25, 0.3) is 0 Å². The van der Waals surface area contributed by atoms with Crippen LogP contribution in [0.1, 0.15) is 19.4 Å². The summed E-state index contributed by atoms with van der Waals surface area (Å²) < 4.78 is 40.0. The average molecular weight is 290 g/mol. The van der Waals surface area contributed by atoms with Crippen LogP contribution in [0.25, 0.3) is 0 Å². The number of hydrogen-bond acceptors (Lipinski definition) is 3. The van der Waals surface area contributed by atoms with Crippen LogP contribution in [0.3, 0.4) is 0 Å². The van der Waals surface area contributed by atoms with Crippen molar-refractivity contribution in [2.75, 3.05) is 0 Å². The van der Waals surface area contributed by atoms with Gasteiger partial charge in [-0.15, -0.1) is 13.2 Å². The zero-order chi connectivity index (χ0) is 15.3. The lowest BCUT2D eigenvalue weighted by Gasteiger charge is -2.15. The van der Waals surface area contributed by atoms with Gasteiger partial charge in [0.15, 0.2) is 0 Å². The van der Waals surface area contributed by atoms with E-state index in [-0.39, 0.29) is 24.1 Å². The first kappa shape index (κ1) is 16.3. The number of nitrogens with one attached hydrogen (secondary N) is 1. The number of hydrogen-bond donors (Lipinski definition) is 2. The summed E-state index contributed by atoms with van der Waals surface area (Å²) in [5.74, 6) is -0.686. The van der Waals surface area contributed by atoms with E-state index in [0.717, 1.165) is 0 Å². The first-order valence-electron chi connectivity index (χ1n) is 6.07. The number of rotatable bonds is 5. The van der Waals surface area contributed by atoms with E-state index >= 15 is 0 Å². The number of carbonyl (C=O) groups excluding carboxylic acids is 1. The molecule has 0 saturated heterocycles. The third kappa shape index (κ3) is 5.48. The largest absolute Gasteiger partial charge is 0.573 e. The van der Waals surface area contributed by atoms with Crippen molar-refractivity contribution in [1.29, 1.82) is 0 Å². The Morgan fingerprint density at radius 2 is 2.05 bits per heavy atom. The molecular formula is C13H17F3N2O2. The molecule has 4 nitrogen and oxygen atoms in total. The SMILES string of the molecule is CC(C)[C@@H](N)C(=O)NCc1cccc(OC(F)(F)F)c1. The first-order chi connectivity index (χ1) is 9.19. The molecule has 0 unspecified atom stereocenters. The van der Waals surface area contributed by atoms with E-state index in [1.807, 2.05) is 13.8 Å². The van der Waals surface area contributed by atoms with Crippen LogP contribution in [0.2, 0.25) is 0 Å². The molecule has 3 N–H and O–H groups in total. The Hall–Kier alpha value is -1.76. The van der Waals surface area contributed by atoms with Gasteiger partial charge in [-0.25, -0.2) is 0 Å². The second-order valence-electron chi connectivity index (χ2n) is 4.68. The van der Waals surface area contributed by atoms with Crippen LogP contribution in [0.15, 0.2) is 24.3 Å². The van der Waals surface area contributed by atoms with Gasteiger partial charge in [-0.1, -0.05) is 26.0 Å². The van der Waals surface area contributed by atoms with Crippen molar-refractivity contribution in [2.45, 2.75) is 32.8 Å². The third-order valence-corrected chi connectivity index (χ3v) is 2.62. The molecule has 0 heterocycles. The van der Waals surface area contributed by atoms with Crippen molar-refractivity contribution in [3.8, 4) is 5.75 Å². The van der Waals surface area contributed by atoms with E-state index in [9.17, 15) is 18.0 Å². The van der Waals surface area contributed by atoms with Crippen molar-refractivity contribution in [1.82, 2.24) is 5.32 Å². The number of nitrogens with two attached hydrogens (primary N) is 1. The molecule has 20 heavy (non-hydrogen) atoms. The molecule has 0 aromatic heterocycles. The predicted octanol–water partition coefficient (Wildman–Crippen LogP) is 2.18. The second kappa shape index (κ2) is 6.60. The van der Waals surface area contributed by atoms with Gasteiger partial charge in [-0.2, -0.15) is 0 Å². The van der Waals surface area contributed by atoms with E-state index < -0.39 is 12.4 Å². The van der Waals surface area contributed by atoms with Crippen LogP contribution in [0.4, 0.5) is 13.2 Å². The molecule has 0 fully saturated rings. The van der Waals surface area contributed by atoms with Crippen LogP contribution in [0.5, 0.6) is 5.75 Å². The van der Waals surface area contributed by atoms with Crippen LogP contribution < -0.4 is 15.8 Å². The first-order valence-corrected chi connectivity index (χ1v) is 6.07. The lowest BCUT2D eigenvalue weighted by atomic mass is 10.0. The maximum atomic E-state index is 12.1. The van der Waals surface area contributed by atoms with Gasteiger partial charge in [0.05, 0.1) is 6.04 Å². The molecule has 112 valence electrons. The minimum atomic E-state index is -4.73. The van der Waals surface area contributed by atoms with Crippen LogP contribution >= 0.6 is 0 Å². The Bertz CT molecular complexity index is 461. The Morgan fingerprint density at radius 1 is 1.40 bits per heavy atom. The van der Waals surface area contributed by atoms with Crippen molar-refractivity contribution >= 4 is 5.91 Å². The number of halogens is 3. The molecule has 0 aliphatic heterocycles. The highest BCUT2D eigenvalue weighted by atomic mass is 19.4. The molecule has 1 amide bonds. The number of carbonyl (C=O) groups is 1. The fourth-order valence-electron chi connectivity index (χ4n) is 1.46. The standard InChI is InChI=1S/C13H17F3N2O2/c1-8(2)11(17)12(19)18-7-9-4-3-5-10(6-9)20-13(14,15)16/h3-6,8,11H,7,17H2,1-2H3,(H,18,19)/t11-/m1/s1. The van der Waals surface area contributed by atoms with E-state index in [0.29, 0.717) is 5.56 Å². The Balaban J connectivity index is 2.61. The molecule has 1 rings (SSSR count). The van der Waals surface area contributed by atoms with E-state index in [1.165, 1.54) is 18.2 Å². The van der Waals surface area contributed by atoms with Gasteiger partial charge in [0.2, 0.25) is 5.91 Å². The molecule has 0 bridgehead atoms. The average Bonchev–Trinajstić information content (AvgIpc) is 2.33. The molecule has 7 heteroatoms. The maximum absolute atomic E-state index is 12.1. The van der Waals surface area contributed by atoms with Crippen LogP contribution in [0, 0.1) is 5.92 Å². The minimum absolute atomic E-state index is 0.0186. The highest BCUT2D eigenvalue weighted by Gasteiger charge is 2.31. The summed E-state index contributed by atoms with van der Waals surface area (Å²) >= 11 is 0. The molecule has 1 aromatic carbocycles. The molecular weight excluding hydrogens is 273 g/mol. The van der Waals surface area contributed by atoms with Gasteiger partial charge in [0, 0.05) is 6.54 Å². The van der Waals surface area contributed by atoms with Crippen molar-refractivity contribution < 1.29 is 22.7 Å². The zero-order valence-electron chi connectivity index (χ0n) is 11.2. The Kier molecular flexibility index (Phi) is 5.38. The molecule has 0 saturated carbocycles. The summed E-state index contributed by atoms with van der Waals surface area (Å²) in [6.45, 7) is 3.71. The fraction of sp³-hybridized carbons (Fsp3) is 0.462. The molecule has 0 radical (unpaired) electrons. The van der Waals surface area contributed by atoms with Crippen LogP contribution in [-0.2, 0) is 11.3 Å². The molecule has 1 aromatic rings. The molecule has 0 spiro atoms. The summed E-state index contributed by atoms with van der Waals surface area (Å²) in [5.41, 5.74) is 6.15. The normalized spacial score (nSPS) is 13.2. The van der Waals surface area contributed by atoms with Crippen molar-refractivity contribution in [3.05, 3.63) is 29.8 Å². The second-order valence-corrected chi connectivity index (χ2v) is 4.68. The molecule has 0 aliphatic rings. The highest BCUT2D eigenvalue weighted by molar-refractivity contribution is 5.81. The lowest BCUT2D eigenvalue weighted by Crippen LogP contribution is -2.43. The van der Waals surface area contributed by atoms with Gasteiger partial charge in [0.1, 0.15) is 5.75 Å². The number of benzene rings is 1. The fourth-order valence-corrected chi connectivity index (χ4v) is 1.46. The highest BCUT2D eigenvalue weighted by Crippen LogP contribution is 2.23. The maximum Gasteiger partial charge on any atom is 0.573 e. The summed E-state index contributed by atoms with van der Waals surface area (Å²) in [4.78, 5) is 11.6. The smallest absolute Gasteiger partial charge is 0.406 e. The lowest BCUT2D eigenvalue weighted by molar-refractivity contribution is -0.274. The minimum Gasteiger partial charge on any atom is -0.406 e.